The maximum absolute atomic E-state index is 9.53. The molecule has 0 aliphatic carbocycles. The molecule has 0 aliphatic rings. The maximum atomic E-state index is 9.53. The quantitative estimate of drug-likeness (QED) is 0.901. The van der Waals surface area contributed by atoms with Crippen molar-refractivity contribution in [2.24, 2.45) is 0 Å². The summed E-state index contributed by atoms with van der Waals surface area (Å²) in [6.45, 7) is 7.77. The van der Waals surface area contributed by atoms with Crippen molar-refractivity contribution in [1.29, 1.82) is 0 Å². The Morgan fingerprint density at radius 2 is 1.94 bits per heavy atom. The molecule has 96 valence electrons. The number of aliphatic hydroxyl groups is 1. The minimum Gasteiger partial charge on any atom is -0.389 e. The highest BCUT2D eigenvalue weighted by atomic mass is 35.5. The van der Waals surface area contributed by atoms with E-state index in [0.29, 0.717) is 5.02 Å². The summed E-state index contributed by atoms with van der Waals surface area (Å²) >= 11 is 6.27. The van der Waals surface area contributed by atoms with Crippen LogP contribution >= 0.6 is 11.6 Å². The number of aliphatic hydroxyl groups excluding tert-OH is 1. The van der Waals surface area contributed by atoms with E-state index in [0.717, 1.165) is 22.6 Å². The Bertz CT molecular complexity index is 588. The average molecular weight is 265 g/mol. The predicted molar refractivity (Wildman–Crippen MR) is 73.4 cm³/mol. The summed E-state index contributed by atoms with van der Waals surface area (Å²) in [4.78, 5) is 0. The van der Waals surface area contributed by atoms with Crippen molar-refractivity contribution in [2.45, 2.75) is 33.8 Å². The summed E-state index contributed by atoms with van der Waals surface area (Å²) in [6.07, 6.45) is -0.515. The lowest BCUT2D eigenvalue weighted by Crippen LogP contribution is -2.01. The van der Waals surface area contributed by atoms with Crippen molar-refractivity contribution in [3.63, 3.8) is 0 Å². The van der Waals surface area contributed by atoms with Crippen LogP contribution in [-0.4, -0.2) is 14.9 Å². The molecule has 0 saturated heterocycles. The predicted octanol–water partition coefficient (Wildman–Crippen LogP) is 3.50. The number of benzene rings is 1. The van der Waals surface area contributed by atoms with E-state index in [9.17, 15) is 5.11 Å². The minimum absolute atomic E-state index is 0.515. The van der Waals surface area contributed by atoms with Gasteiger partial charge in [-0.1, -0.05) is 17.7 Å². The van der Waals surface area contributed by atoms with E-state index in [1.165, 1.54) is 5.56 Å². The van der Waals surface area contributed by atoms with Gasteiger partial charge in [0.25, 0.3) is 0 Å². The third kappa shape index (κ3) is 2.16. The van der Waals surface area contributed by atoms with Crippen LogP contribution in [0.5, 0.6) is 0 Å². The molecule has 4 heteroatoms. The smallest absolute Gasteiger partial charge is 0.0835 e. The fraction of sp³-hybridized carbons (Fsp3) is 0.357. The van der Waals surface area contributed by atoms with Crippen LogP contribution in [0.25, 0.3) is 5.69 Å². The van der Waals surface area contributed by atoms with E-state index in [2.05, 4.69) is 5.10 Å². The number of aromatic nitrogens is 2. The summed E-state index contributed by atoms with van der Waals surface area (Å²) in [5.41, 5.74) is 4.91. The highest BCUT2D eigenvalue weighted by Crippen LogP contribution is 2.26. The third-order valence-electron chi connectivity index (χ3n) is 3.34. The second-order valence-electron chi connectivity index (χ2n) is 4.59. The van der Waals surface area contributed by atoms with Gasteiger partial charge < -0.3 is 5.11 Å². The Morgan fingerprint density at radius 3 is 2.39 bits per heavy atom. The Labute approximate surface area is 112 Å². The molecule has 1 N–H and O–H groups in total. The van der Waals surface area contributed by atoms with Crippen LogP contribution in [0.1, 0.15) is 35.5 Å². The van der Waals surface area contributed by atoms with Gasteiger partial charge in [-0.3, -0.25) is 0 Å². The lowest BCUT2D eigenvalue weighted by Gasteiger charge is -2.10. The van der Waals surface area contributed by atoms with E-state index in [4.69, 9.17) is 11.6 Å². The highest BCUT2D eigenvalue weighted by Gasteiger charge is 2.12. The second-order valence-corrected chi connectivity index (χ2v) is 5.00. The molecule has 0 radical (unpaired) electrons. The van der Waals surface area contributed by atoms with E-state index in [1.54, 1.807) is 13.0 Å². The van der Waals surface area contributed by atoms with Crippen LogP contribution in [0.15, 0.2) is 18.2 Å². The Morgan fingerprint density at radius 1 is 1.28 bits per heavy atom. The fourth-order valence-electron chi connectivity index (χ4n) is 1.91. The first kappa shape index (κ1) is 13.1. The van der Waals surface area contributed by atoms with Crippen LogP contribution < -0.4 is 0 Å². The molecule has 3 nitrogen and oxygen atoms in total. The van der Waals surface area contributed by atoms with Crippen LogP contribution in [0.2, 0.25) is 5.02 Å². The molecule has 0 bridgehead atoms. The summed E-state index contributed by atoms with van der Waals surface area (Å²) in [7, 11) is 0. The Kier molecular flexibility index (Phi) is 3.46. The molecule has 0 amide bonds. The molecule has 1 aromatic carbocycles. The standard InChI is InChI=1S/C14H17ClN2O/c1-8-9(2)16-17(10(8)3)14-6-5-12(11(4)18)7-13(14)15/h5-7,11,18H,1-4H3/t11-/m1/s1. The normalized spacial score (nSPS) is 12.8. The molecule has 1 aromatic heterocycles. The summed E-state index contributed by atoms with van der Waals surface area (Å²) in [5, 5.41) is 14.6. The van der Waals surface area contributed by atoms with E-state index in [-0.39, 0.29) is 0 Å². The third-order valence-corrected chi connectivity index (χ3v) is 3.64. The van der Waals surface area contributed by atoms with Crippen molar-refractivity contribution >= 4 is 11.6 Å². The van der Waals surface area contributed by atoms with Crippen LogP contribution in [0, 0.1) is 20.8 Å². The minimum atomic E-state index is -0.515. The fourth-order valence-corrected chi connectivity index (χ4v) is 2.18. The molecule has 0 spiro atoms. The molecular formula is C14H17ClN2O. The van der Waals surface area contributed by atoms with Crippen molar-refractivity contribution in [3.8, 4) is 5.69 Å². The molecule has 18 heavy (non-hydrogen) atoms. The van der Waals surface area contributed by atoms with E-state index >= 15 is 0 Å². The number of hydrogen-bond donors (Lipinski definition) is 1. The molecule has 0 aliphatic heterocycles. The van der Waals surface area contributed by atoms with Gasteiger partial charge in [0.1, 0.15) is 0 Å². The van der Waals surface area contributed by atoms with Crippen LogP contribution in [0.4, 0.5) is 0 Å². The summed E-state index contributed by atoms with van der Waals surface area (Å²) in [5.74, 6) is 0. The molecule has 1 atom stereocenters. The second kappa shape index (κ2) is 4.75. The molecule has 0 unspecified atom stereocenters. The van der Waals surface area contributed by atoms with Gasteiger partial charge in [-0.2, -0.15) is 5.10 Å². The van der Waals surface area contributed by atoms with Crippen molar-refractivity contribution in [3.05, 3.63) is 45.7 Å². The van der Waals surface area contributed by atoms with Gasteiger partial charge in [0.2, 0.25) is 0 Å². The number of hydrogen-bond acceptors (Lipinski definition) is 2. The first-order chi connectivity index (χ1) is 8.41. The lowest BCUT2D eigenvalue weighted by molar-refractivity contribution is 0.199. The van der Waals surface area contributed by atoms with Gasteiger partial charge in [-0.15, -0.1) is 0 Å². The van der Waals surface area contributed by atoms with Gasteiger partial charge in [0, 0.05) is 5.69 Å². The molecule has 2 rings (SSSR count). The van der Waals surface area contributed by atoms with Gasteiger partial charge in [0.15, 0.2) is 0 Å². The zero-order valence-corrected chi connectivity index (χ0v) is 11.8. The molecule has 0 saturated carbocycles. The average Bonchev–Trinajstić information content (AvgIpc) is 2.57. The Hall–Kier alpha value is -1.32. The van der Waals surface area contributed by atoms with Gasteiger partial charge in [-0.25, -0.2) is 4.68 Å². The first-order valence-electron chi connectivity index (χ1n) is 5.92. The number of nitrogens with zero attached hydrogens (tertiary/aromatic N) is 2. The molecule has 0 fully saturated rings. The van der Waals surface area contributed by atoms with Gasteiger partial charge in [0.05, 0.1) is 22.5 Å². The van der Waals surface area contributed by atoms with Crippen molar-refractivity contribution in [2.75, 3.05) is 0 Å². The zero-order valence-electron chi connectivity index (χ0n) is 11.0. The SMILES string of the molecule is Cc1nn(-c2ccc([C@@H](C)O)cc2Cl)c(C)c1C. The largest absolute Gasteiger partial charge is 0.389 e. The van der Waals surface area contributed by atoms with Crippen LogP contribution in [0.3, 0.4) is 0 Å². The number of aryl methyl sites for hydroxylation is 1. The number of halogens is 1. The monoisotopic (exact) mass is 264 g/mol. The molecule has 1 heterocycles. The lowest BCUT2D eigenvalue weighted by atomic mass is 10.1. The zero-order chi connectivity index (χ0) is 13.4. The Balaban J connectivity index is 2.54. The van der Waals surface area contributed by atoms with Crippen molar-refractivity contribution < 1.29 is 5.11 Å². The maximum Gasteiger partial charge on any atom is 0.0835 e. The van der Waals surface area contributed by atoms with E-state index < -0.39 is 6.10 Å². The van der Waals surface area contributed by atoms with Crippen molar-refractivity contribution in [1.82, 2.24) is 9.78 Å². The summed E-state index contributed by atoms with van der Waals surface area (Å²) < 4.78 is 1.85. The van der Waals surface area contributed by atoms with Gasteiger partial charge >= 0.3 is 0 Å². The highest BCUT2D eigenvalue weighted by molar-refractivity contribution is 6.32. The van der Waals surface area contributed by atoms with E-state index in [1.807, 2.05) is 37.6 Å². The topological polar surface area (TPSA) is 38.0 Å². The number of rotatable bonds is 2. The summed E-state index contributed by atoms with van der Waals surface area (Å²) in [6, 6.07) is 5.55. The molecular weight excluding hydrogens is 248 g/mol. The molecule has 2 aromatic rings. The first-order valence-corrected chi connectivity index (χ1v) is 6.30. The van der Waals surface area contributed by atoms with Gasteiger partial charge in [-0.05, 0) is 51.0 Å². The van der Waals surface area contributed by atoms with Crippen LogP contribution in [-0.2, 0) is 0 Å².